The van der Waals surface area contributed by atoms with Gasteiger partial charge < -0.3 is 9.47 Å². The second-order valence-corrected chi connectivity index (χ2v) is 12.6. The predicted octanol–water partition coefficient (Wildman–Crippen LogP) is 6.25. The highest BCUT2D eigenvalue weighted by molar-refractivity contribution is 7.89. The zero-order valence-electron chi connectivity index (χ0n) is 22.0. The Morgan fingerprint density at radius 1 is 1.14 bits per heavy atom. The summed E-state index contributed by atoms with van der Waals surface area (Å²) in [5.74, 6) is -0.357. The fraction of sp³-hybridized carbons (Fsp3) is 0.519. The quantitative estimate of drug-likeness (QED) is 0.388. The number of carbonyl (C=O) groups excluding carboxylic acids is 1. The number of hydrogen-bond acceptors (Lipinski definition) is 5. The highest BCUT2D eigenvalue weighted by Gasteiger charge is 2.37. The maximum atomic E-state index is 13.6. The highest BCUT2D eigenvalue weighted by Crippen LogP contribution is 2.41. The normalized spacial score (nSPS) is 16.6. The van der Waals surface area contributed by atoms with Gasteiger partial charge in [-0.05, 0) is 86.9 Å². The first-order valence-corrected chi connectivity index (χ1v) is 13.6. The van der Waals surface area contributed by atoms with Gasteiger partial charge in [-0.1, -0.05) is 26.0 Å². The molecule has 0 saturated heterocycles. The summed E-state index contributed by atoms with van der Waals surface area (Å²) in [7, 11) is -2.87. The SMILES string of the molecule is CC(C)c1cc(C(F)(F)F)cc(S(=O)(=O)N(C)[C@@H]2CCCc3c(OCC(=O)OC(C)(C)C)cccc32)c1. The minimum absolute atomic E-state index is 0.290. The molecule has 0 unspecified atom stereocenters. The predicted molar refractivity (Wildman–Crippen MR) is 134 cm³/mol. The average Bonchev–Trinajstić information content (AvgIpc) is 2.79. The van der Waals surface area contributed by atoms with Gasteiger partial charge in [0.25, 0.3) is 0 Å². The average molecular weight is 542 g/mol. The van der Waals surface area contributed by atoms with Crippen molar-refractivity contribution >= 4 is 16.0 Å². The summed E-state index contributed by atoms with van der Waals surface area (Å²) in [6.45, 7) is 8.40. The number of rotatable bonds is 7. The molecule has 0 N–H and O–H groups in total. The minimum atomic E-state index is -4.68. The minimum Gasteiger partial charge on any atom is -0.482 e. The van der Waals surface area contributed by atoms with E-state index in [2.05, 4.69) is 0 Å². The molecule has 0 amide bonds. The number of esters is 1. The molecule has 0 heterocycles. The lowest BCUT2D eigenvalue weighted by molar-refractivity contribution is -0.157. The highest BCUT2D eigenvalue weighted by atomic mass is 32.2. The maximum absolute atomic E-state index is 13.6. The molecule has 204 valence electrons. The molecule has 0 aromatic heterocycles. The van der Waals surface area contributed by atoms with Crippen molar-refractivity contribution in [1.82, 2.24) is 4.31 Å². The van der Waals surface area contributed by atoms with Gasteiger partial charge in [0.2, 0.25) is 10.0 Å². The van der Waals surface area contributed by atoms with E-state index in [1.807, 2.05) is 0 Å². The fourth-order valence-electron chi connectivity index (χ4n) is 4.41. The van der Waals surface area contributed by atoms with Crippen LogP contribution in [0.5, 0.6) is 5.75 Å². The molecule has 1 atom stereocenters. The molecule has 10 heteroatoms. The number of sulfonamides is 1. The molecule has 0 bridgehead atoms. The van der Waals surface area contributed by atoms with Gasteiger partial charge in [0.1, 0.15) is 11.4 Å². The molecule has 1 aliphatic carbocycles. The third kappa shape index (κ3) is 6.84. The Labute approximate surface area is 216 Å². The van der Waals surface area contributed by atoms with Crippen molar-refractivity contribution < 1.29 is 35.9 Å². The van der Waals surface area contributed by atoms with Crippen LogP contribution in [0.1, 0.15) is 81.7 Å². The van der Waals surface area contributed by atoms with E-state index in [1.54, 1.807) is 52.8 Å². The van der Waals surface area contributed by atoms with Crippen LogP contribution in [0.15, 0.2) is 41.3 Å². The first kappa shape index (κ1) is 29.0. The van der Waals surface area contributed by atoms with Crippen LogP contribution in [0.3, 0.4) is 0 Å². The van der Waals surface area contributed by atoms with E-state index in [0.717, 1.165) is 15.9 Å². The van der Waals surface area contributed by atoms with Crippen LogP contribution in [0.2, 0.25) is 0 Å². The van der Waals surface area contributed by atoms with E-state index in [4.69, 9.17) is 9.47 Å². The number of hydrogen-bond donors (Lipinski definition) is 0. The Balaban J connectivity index is 1.94. The van der Waals surface area contributed by atoms with E-state index in [-0.39, 0.29) is 12.5 Å². The van der Waals surface area contributed by atoms with E-state index in [0.29, 0.717) is 42.2 Å². The molecule has 2 aromatic carbocycles. The molecule has 1 aliphatic rings. The standard InChI is InChI=1S/C27H34F3NO5S/c1-17(2)18-13-19(27(28,29)30)15-20(14-18)37(33,34)31(6)23-11-7-10-22-21(23)9-8-12-24(22)35-16-25(32)36-26(3,4)5/h8-9,12-15,17,23H,7,10-11,16H2,1-6H3/t23-/m1/s1. The summed E-state index contributed by atoms with van der Waals surface area (Å²) in [5, 5.41) is 0. The lowest BCUT2D eigenvalue weighted by atomic mass is 9.87. The van der Waals surface area contributed by atoms with Crippen LogP contribution < -0.4 is 4.74 Å². The number of ether oxygens (including phenoxy) is 2. The number of carbonyl (C=O) groups is 1. The van der Waals surface area contributed by atoms with Crippen molar-refractivity contribution in [3.8, 4) is 5.75 Å². The van der Waals surface area contributed by atoms with Gasteiger partial charge in [0.15, 0.2) is 6.61 Å². The van der Waals surface area contributed by atoms with Gasteiger partial charge in [-0.3, -0.25) is 0 Å². The number of alkyl halides is 3. The zero-order valence-corrected chi connectivity index (χ0v) is 22.8. The second-order valence-electron chi connectivity index (χ2n) is 10.6. The third-order valence-corrected chi connectivity index (χ3v) is 8.08. The van der Waals surface area contributed by atoms with Crippen LogP contribution in [-0.2, 0) is 32.2 Å². The van der Waals surface area contributed by atoms with Crippen molar-refractivity contribution in [2.45, 2.75) is 82.5 Å². The van der Waals surface area contributed by atoms with E-state index < -0.39 is 44.3 Å². The van der Waals surface area contributed by atoms with Crippen LogP contribution in [0.4, 0.5) is 13.2 Å². The molecule has 2 aromatic rings. The Morgan fingerprint density at radius 3 is 2.41 bits per heavy atom. The van der Waals surface area contributed by atoms with Crippen LogP contribution >= 0.6 is 0 Å². The fourth-order valence-corrected chi connectivity index (χ4v) is 5.86. The summed E-state index contributed by atoms with van der Waals surface area (Å²) < 4.78 is 80.0. The molecule has 3 rings (SSSR count). The Hall–Kier alpha value is -2.59. The summed E-state index contributed by atoms with van der Waals surface area (Å²) in [6.07, 6.45) is -2.92. The van der Waals surface area contributed by atoms with Crippen LogP contribution in [0.25, 0.3) is 0 Å². The van der Waals surface area contributed by atoms with Crippen LogP contribution in [0, 0.1) is 0 Å². The van der Waals surface area contributed by atoms with Crippen molar-refractivity contribution in [3.63, 3.8) is 0 Å². The van der Waals surface area contributed by atoms with Crippen molar-refractivity contribution in [3.05, 3.63) is 58.7 Å². The molecule has 0 fully saturated rings. The first-order chi connectivity index (χ1) is 17.0. The molecular formula is C27H34F3NO5S. The van der Waals surface area contributed by atoms with Gasteiger partial charge in [-0.15, -0.1) is 0 Å². The number of halogens is 3. The zero-order chi connectivity index (χ0) is 27.8. The second kappa shape index (κ2) is 10.6. The van der Waals surface area contributed by atoms with Crippen molar-refractivity contribution in [2.75, 3.05) is 13.7 Å². The number of nitrogens with zero attached hydrogens (tertiary/aromatic N) is 1. The van der Waals surface area contributed by atoms with Crippen molar-refractivity contribution in [1.29, 1.82) is 0 Å². The Kier molecular flexibility index (Phi) is 8.34. The van der Waals surface area contributed by atoms with E-state index in [9.17, 15) is 26.4 Å². The Bertz CT molecular complexity index is 1250. The third-order valence-electron chi connectivity index (χ3n) is 6.24. The topological polar surface area (TPSA) is 72.9 Å². The van der Waals surface area contributed by atoms with Crippen molar-refractivity contribution in [2.24, 2.45) is 0 Å². The Morgan fingerprint density at radius 2 is 1.81 bits per heavy atom. The lowest BCUT2D eigenvalue weighted by Gasteiger charge is -2.33. The van der Waals surface area contributed by atoms with Gasteiger partial charge in [-0.2, -0.15) is 17.5 Å². The van der Waals surface area contributed by atoms with Gasteiger partial charge in [0.05, 0.1) is 16.5 Å². The molecule has 6 nitrogen and oxygen atoms in total. The molecular weight excluding hydrogens is 507 g/mol. The largest absolute Gasteiger partial charge is 0.482 e. The molecule has 0 aliphatic heterocycles. The smallest absolute Gasteiger partial charge is 0.416 e. The van der Waals surface area contributed by atoms with Gasteiger partial charge in [0, 0.05) is 7.05 Å². The monoisotopic (exact) mass is 541 g/mol. The molecule has 37 heavy (non-hydrogen) atoms. The number of benzene rings is 2. The molecule has 0 spiro atoms. The summed E-state index contributed by atoms with van der Waals surface area (Å²) in [4.78, 5) is 11.7. The van der Waals surface area contributed by atoms with E-state index >= 15 is 0 Å². The van der Waals surface area contributed by atoms with E-state index in [1.165, 1.54) is 13.1 Å². The van der Waals surface area contributed by atoms with Crippen LogP contribution in [-0.4, -0.2) is 37.9 Å². The first-order valence-electron chi connectivity index (χ1n) is 12.2. The number of fused-ring (bicyclic) bond motifs is 1. The summed E-state index contributed by atoms with van der Waals surface area (Å²) >= 11 is 0. The lowest BCUT2D eigenvalue weighted by Crippen LogP contribution is -2.34. The maximum Gasteiger partial charge on any atom is 0.416 e. The van der Waals surface area contributed by atoms with Gasteiger partial charge >= 0.3 is 12.1 Å². The summed E-state index contributed by atoms with van der Waals surface area (Å²) in [5.41, 5.74) is 0.125. The molecule has 0 saturated carbocycles. The van der Waals surface area contributed by atoms with Gasteiger partial charge in [-0.25, -0.2) is 13.2 Å². The summed E-state index contributed by atoms with van der Waals surface area (Å²) in [6, 6.07) is 7.61. The molecule has 0 radical (unpaired) electrons.